The summed E-state index contributed by atoms with van der Waals surface area (Å²) in [5.74, 6) is 0. The van der Waals surface area contributed by atoms with Crippen LogP contribution in [-0.2, 0) is 0 Å². The number of amides is 2. The van der Waals surface area contributed by atoms with Crippen molar-refractivity contribution in [3.05, 3.63) is 69.4 Å². The summed E-state index contributed by atoms with van der Waals surface area (Å²) in [5.41, 5.74) is 0.645. The Bertz CT molecular complexity index is 1150. The van der Waals surface area contributed by atoms with Crippen LogP contribution in [-0.4, -0.2) is 6.03 Å². The zero-order valence-corrected chi connectivity index (χ0v) is 14.3. The Morgan fingerprint density at radius 2 is 1.76 bits per heavy atom. The predicted molar refractivity (Wildman–Crippen MR) is 102 cm³/mol. The van der Waals surface area contributed by atoms with Crippen LogP contribution in [0.2, 0.25) is 5.02 Å². The van der Waals surface area contributed by atoms with E-state index in [1.54, 1.807) is 30.3 Å². The van der Waals surface area contributed by atoms with Gasteiger partial charge in [-0.3, -0.25) is 5.32 Å². The number of anilines is 2. The first-order valence-electron chi connectivity index (χ1n) is 7.38. The maximum absolute atomic E-state index is 12.3. The zero-order valence-electron chi connectivity index (χ0n) is 12.7. The molecule has 0 unspecified atom stereocenters. The van der Waals surface area contributed by atoms with Gasteiger partial charge in [0.05, 0.1) is 0 Å². The third kappa shape index (κ3) is 2.97. The number of hydrogen-bond donors (Lipinski definition) is 2. The van der Waals surface area contributed by atoms with E-state index >= 15 is 0 Å². The van der Waals surface area contributed by atoms with Crippen molar-refractivity contribution in [2.75, 3.05) is 10.6 Å². The Morgan fingerprint density at radius 3 is 2.56 bits per heavy atom. The summed E-state index contributed by atoms with van der Waals surface area (Å²) < 4.78 is 5.35. The van der Waals surface area contributed by atoms with E-state index in [0.717, 1.165) is 10.8 Å². The third-order valence-electron chi connectivity index (χ3n) is 3.70. The van der Waals surface area contributed by atoms with Crippen molar-refractivity contribution in [1.82, 2.24) is 0 Å². The highest BCUT2D eigenvalue weighted by Crippen LogP contribution is 2.33. The van der Waals surface area contributed by atoms with Crippen molar-refractivity contribution in [2.45, 2.75) is 0 Å². The van der Waals surface area contributed by atoms with Gasteiger partial charge >= 0.3 is 11.7 Å². The molecule has 0 bridgehead atoms. The van der Waals surface area contributed by atoms with E-state index in [9.17, 15) is 9.59 Å². The molecule has 2 aromatic carbocycles. The van der Waals surface area contributed by atoms with Crippen LogP contribution in [0.4, 0.5) is 15.5 Å². The fourth-order valence-corrected chi connectivity index (χ4v) is 3.65. The number of hydrogen-bond acceptors (Lipinski definition) is 4. The summed E-state index contributed by atoms with van der Waals surface area (Å²) >= 11 is 7.10. The number of fused-ring (bicyclic) bond motifs is 3. The summed E-state index contributed by atoms with van der Waals surface area (Å²) in [6, 6.07) is 13.6. The number of urea groups is 1. The minimum absolute atomic E-state index is 0.370. The molecule has 0 atom stereocenters. The first-order chi connectivity index (χ1) is 12.1. The van der Waals surface area contributed by atoms with Crippen molar-refractivity contribution in [2.24, 2.45) is 0 Å². The molecule has 25 heavy (non-hydrogen) atoms. The van der Waals surface area contributed by atoms with Gasteiger partial charge in [0.2, 0.25) is 0 Å². The number of benzene rings is 2. The normalized spacial score (nSPS) is 10.9. The van der Waals surface area contributed by atoms with E-state index < -0.39 is 11.7 Å². The van der Waals surface area contributed by atoms with Crippen molar-refractivity contribution >= 4 is 61.4 Å². The molecule has 2 amide bonds. The second kappa shape index (κ2) is 6.23. The molecular formula is C18H11ClN2O3S. The highest BCUT2D eigenvalue weighted by Gasteiger charge is 2.15. The van der Waals surface area contributed by atoms with Crippen molar-refractivity contribution in [3.8, 4) is 0 Å². The van der Waals surface area contributed by atoms with Gasteiger partial charge in [0.15, 0.2) is 0 Å². The van der Waals surface area contributed by atoms with Gasteiger partial charge in [0.1, 0.15) is 16.0 Å². The lowest BCUT2D eigenvalue weighted by molar-refractivity contribution is 0.262. The molecule has 0 fully saturated rings. The van der Waals surface area contributed by atoms with Gasteiger partial charge in [0, 0.05) is 26.9 Å². The van der Waals surface area contributed by atoms with E-state index in [-0.39, 0.29) is 0 Å². The summed E-state index contributed by atoms with van der Waals surface area (Å²) in [5, 5.41) is 10.2. The van der Waals surface area contributed by atoms with E-state index in [4.69, 9.17) is 16.0 Å². The van der Waals surface area contributed by atoms with Gasteiger partial charge in [-0.15, -0.1) is 11.3 Å². The topological polar surface area (TPSA) is 71.3 Å². The Hall–Kier alpha value is -2.83. The predicted octanol–water partition coefficient (Wildman–Crippen LogP) is 5.31. The van der Waals surface area contributed by atoms with Crippen LogP contribution >= 0.6 is 22.9 Å². The molecule has 0 spiro atoms. The molecule has 0 aliphatic heterocycles. The number of carbonyl (C=O) groups is 1. The molecular weight excluding hydrogens is 360 g/mol. The van der Waals surface area contributed by atoms with E-state index in [1.165, 1.54) is 11.3 Å². The van der Waals surface area contributed by atoms with Gasteiger partial charge in [-0.1, -0.05) is 29.8 Å². The number of para-hydroxylation sites is 1. The van der Waals surface area contributed by atoms with Gasteiger partial charge < -0.3 is 9.73 Å². The van der Waals surface area contributed by atoms with Crippen LogP contribution in [0.1, 0.15) is 0 Å². The number of carbonyl (C=O) groups excluding carboxylic acids is 1. The lowest BCUT2D eigenvalue weighted by Crippen LogP contribution is -2.19. The minimum Gasteiger partial charge on any atom is -0.422 e. The lowest BCUT2D eigenvalue weighted by atomic mass is 10.1. The molecule has 0 saturated carbocycles. The number of thiophene rings is 1. The molecule has 0 aliphatic rings. The van der Waals surface area contributed by atoms with Crippen LogP contribution in [0.15, 0.2) is 63.1 Å². The van der Waals surface area contributed by atoms with Crippen LogP contribution in [0.3, 0.4) is 0 Å². The maximum atomic E-state index is 12.3. The molecule has 2 N–H and O–H groups in total. The van der Waals surface area contributed by atoms with Crippen LogP contribution < -0.4 is 16.3 Å². The summed E-state index contributed by atoms with van der Waals surface area (Å²) in [7, 11) is 0. The highest BCUT2D eigenvalue weighted by molar-refractivity contribution is 7.16. The quantitative estimate of drug-likeness (QED) is 0.470. The van der Waals surface area contributed by atoms with E-state index in [2.05, 4.69) is 10.6 Å². The molecule has 7 heteroatoms. The summed E-state index contributed by atoms with van der Waals surface area (Å²) in [4.78, 5) is 24.5. The zero-order chi connectivity index (χ0) is 17.4. The first-order valence-corrected chi connectivity index (χ1v) is 8.64. The van der Waals surface area contributed by atoms with Crippen LogP contribution in [0.5, 0.6) is 0 Å². The second-order valence-electron chi connectivity index (χ2n) is 5.33. The van der Waals surface area contributed by atoms with Gasteiger partial charge in [-0.25, -0.2) is 9.59 Å². The Kier molecular flexibility index (Phi) is 3.91. The summed E-state index contributed by atoms with van der Waals surface area (Å²) in [6.45, 7) is 0. The van der Waals surface area contributed by atoms with Crippen molar-refractivity contribution in [1.29, 1.82) is 0 Å². The van der Waals surface area contributed by atoms with Crippen LogP contribution in [0.25, 0.3) is 21.7 Å². The smallest absolute Gasteiger partial charge is 0.347 e. The number of rotatable bonds is 2. The number of halogens is 1. The van der Waals surface area contributed by atoms with Crippen molar-refractivity contribution in [3.63, 3.8) is 0 Å². The van der Waals surface area contributed by atoms with E-state index in [0.29, 0.717) is 26.7 Å². The van der Waals surface area contributed by atoms with Gasteiger partial charge in [-0.2, -0.15) is 0 Å². The van der Waals surface area contributed by atoms with Crippen molar-refractivity contribution < 1.29 is 9.21 Å². The fraction of sp³-hybridized carbons (Fsp3) is 0. The summed E-state index contributed by atoms with van der Waals surface area (Å²) in [6.07, 6.45) is 0. The third-order valence-corrected chi connectivity index (χ3v) is 4.85. The molecule has 5 nitrogen and oxygen atoms in total. The Balaban J connectivity index is 1.68. The molecule has 0 saturated heterocycles. The fourth-order valence-electron chi connectivity index (χ4n) is 2.58. The second-order valence-corrected chi connectivity index (χ2v) is 6.64. The SMILES string of the molecule is O=C(Nc1ccc(Cl)cc1)Nc1scc2c1c(=O)oc1ccccc12. The van der Waals surface area contributed by atoms with Gasteiger partial charge in [0.25, 0.3) is 0 Å². The first kappa shape index (κ1) is 15.7. The van der Waals surface area contributed by atoms with Gasteiger partial charge in [-0.05, 0) is 30.3 Å². The van der Waals surface area contributed by atoms with Crippen LogP contribution in [0, 0.1) is 0 Å². The highest BCUT2D eigenvalue weighted by atomic mass is 35.5. The molecule has 0 aliphatic carbocycles. The standard InChI is InChI=1S/C18H11ClN2O3S/c19-10-5-7-11(8-6-10)20-18(23)21-16-15-13(9-25-16)12-3-1-2-4-14(12)24-17(15)22/h1-9H,(H2,20,21,23). The monoisotopic (exact) mass is 370 g/mol. The minimum atomic E-state index is -0.475. The molecule has 0 radical (unpaired) electrons. The largest absolute Gasteiger partial charge is 0.422 e. The molecule has 4 rings (SSSR count). The molecule has 4 aromatic rings. The average molecular weight is 371 g/mol. The molecule has 2 heterocycles. The Morgan fingerprint density at radius 1 is 1.00 bits per heavy atom. The average Bonchev–Trinajstić information content (AvgIpc) is 3.01. The maximum Gasteiger partial charge on any atom is 0.347 e. The Labute approximate surface area is 150 Å². The van der Waals surface area contributed by atoms with E-state index in [1.807, 2.05) is 23.6 Å². The number of nitrogens with one attached hydrogen (secondary N) is 2. The molecule has 124 valence electrons. The lowest BCUT2D eigenvalue weighted by Gasteiger charge is -2.06. The molecule has 2 aromatic heterocycles.